The number of para-hydroxylation sites is 1. The quantitative estimate of drug-likeness (QED) is 0.509. The largest absolute Gasteiger partial charge is 0.477 e. The smallest absolute Gasteiger partial charge is 0.348 e. The number of thiophene rings is 1. The highest BCUT2D eigenvalue weighted by Crippen LogP contribution is 2.38. The first-order chi connectivity index (χ1) is 14.0. The van der Waals surface area contributed by atoms with Gasteiger partial charge in [0.05, 0.1) is 11.4 Å². The van der Waals surface area contributed by atoms with Gasteiger partial charge in [0.1, 0.15) is 9.71 Å². The van der Waals surface area contributed by atoms with Crippen LogP contribution in [0.4, 0.5) is 17.1 Å². The van der Waals surface area contributed by atoms with Gasteiger partial charge in [-0.25, -0.2) is 4.79 Å². The molecule has 7 heteroatoms. The first-order valence-electron chi connectivity index (χ1n) is 8.97. The Bertz CT molecular complexity index is 1240. The van der Waals surface area contributed by atoms with Gasteiger partial charge in [-0.3, -0.25) is 9.36 Å². The fourth-order valence-electron chi connectivity index (χ4n) is 3.17. The third-order valence-corrected chi connectivity index (χ3v) is 5.78. The van der Waals surface area contributed by atoms with E-state index in [1.165, 1.54) is 6.07 Å². The van der Waals surface area contributed by atoms with E-state index in [2.05, 4.69) is 5.32 Å². The molecule has 2 aromatic heterocycles. The van der Waals surface area contributed by atoms with Crippen LogP contribution >= 0.6 is 11.3 Å². The van der Waals surface area contributed by atoms with Crippen molar-refractivity contribution in [1.29, 1.82) is 0 Å². The van der Waals surface area contributed by atoms with Crippen molar-refractivity contribution in [1.82, 2.24) is 4.57 Å². The van der Waals surface area contributed by atoms with Gasteiger partial charge in [0, 0.05) is 36.9 Å². The van der Waals surface area contributed by atoms with Crippen molar-refractivity contribution in [2.45, 2.75) is 0 Å². The number of rotatable bonds is 5. The Morgan fingerprint density at radius 2 is 1.69 bits per heavy atom. The summed E-state index contributed by atoms with van der Waals surface area (Å²) >= 11 is 1.09. The van der Waals surface area contributed by atoms with Crippen LogP contribution in [0.2, 0.25) is 0 Å². The average molecular weight is 405 g/mol. The van der Waals surface area contributed by atoms with Crippen molar-refractivity contribution in [2.75, 3.05) is 24.3 Å². The van der Waals surface area contributed by atoms with E-state index in [-0.39, 0.29) is 10.4 Å². The number of pyridine rings is 1. The summed E-state index contributed by atoms with van der Waals surface area (Å²) in [5.74, 6) is -1.04. The second kappa shape index (κ2) is 7.44. The molecule has 2 heterocycles. The number of carboxylic acid groups (broad SMARTS) is 1. The summed E-state index contributed by atoms with van der Waals surface area (Å²) in [5.41, 5.74) is 2.76. The number of nitrogens with zero attached hydrogens (tertiary/aromatic N) is 2. The zero-order chi connectivity index (χ0) is 20.5. The molecule has 4 aromatic rings. The molecule has 0 aliphatic rings. The highest BCUT2D eigenvalue weighted by molar-refractivity contribution is 7.21. The Hall–Kier alpha value is -3.58. The lowest BCUT2D eigenvalue weighted by Gasteiger charge is -2.14. The zero-order valence-electron chi connectivity index (χ0n) is 15.9. The molecule has 0 aliphatic heterocycles. The number of benzene rings is 2. The van der Waals surface area contributed by atoms with Crippen molar-refractivity contribution in [3.63, 3.8) is 0 Å². The van der Waals surface area contributed by atoms with Crippen molar-refractivity contribution in [3.05, 3.63) is 82.0 Å². The fourth-order valence-corrected chi connectivity index (χ4v) is 4.28. The number of nitrogens with one attached hydrogen (secondary N) is 1. The highest BCUT2D eigenvalue weighted by Gasteiger charge is 2.21. The lowest BCUT2D eigenvalue weighted by molar-refractivity contribution is 0.0703. The molecule has 4 rings (SSSR count). The Morgan fingerprint density at radius 1 is 1.00 bits per heavy atom. The first kappa shape index (κ1) is 18.8. The molecule has 0 saturated heterocycles. The molecule has 0 bridgehead atoms. The van der Waals surface area contributed by atoms with Gasteiger partial charge in [-0.05, 0) is 42.5 Å². The van der Waals surface area contributed by atoms with Crippen LogP contribution in [0.5, 0.6) is 0 Å². The summed E-state index contributed by atoms with van der Waals surface area (Å²) in [6.07, 6.45) is 0. The maximum Gasteiger partial charge on any atom is 0.348 e. The third-order valence-electron chi connectivity index (χ3n) is 4.60. The Balaban J connectivity index is 1.92. The molecule has 29 heavy (non-hydrogen) atoms. The van der Waals surface area contributed by atoms with E-state index in [0.717, 1.165) is 22.7 Å². The molecule has 2 N–H and O–H groups in total. The van der Waals surface area contributed by atoms with Crippen molar-refractivity contribution in [3.8, 4) is 5.69 Å². The van der Waals surface area contributed by atoms with Gasteiger partial charge in [-0.15, -0.1) is 11.3 Å². The molecular formula is C22H19N3O3S. The first-order valence-corrected chi connectivity index (χ1v) is 9.79. The topological polar surface area (TPSA) is 74.6 Å². The Kier molecular flexibility index (Phi) is 4.82. The predicted octanol–water partition coefficient (Wildman–Crippen LogP) is 4.56. The molecule has 0 atom stereocenters. The molecule has 0 unspecified atom stereocenters. The number of aromatic carboxylic acids is 1. The van der Waals surface area contributed by atoms with Crippen LogP contribution in [-0.2, 0) is 0 Å². The van der Waals surface area contributed by atoms with Crippen LogP contribution in [0.15, 0.2) is 71.5 Å². The monoisotopic (exact) mass is 405 g/mol. The van der Waals surface area contributed by atoms with E-state index in [0.29, 0.717) is 21.6 Å². The van der Waals surface area contributed by atoms with Crippen LogP contribution in [-0.4, -0.2) is 29.7 Å². The summed E-state index contributed by atoms with van der Waals surface area (Å²) in [4.78, 5) is 27.3. The zero-order valence-corrected chi connectivity index (χ0v) is 16.7. The van der Waals surface area contributed by atoms with Crippen LogP contribution in [0.3, 0.4) is 0 Å². The standard InChI is InChI=1S/C22H19N3O3S/c1-24(2)15-8-10-16(11-9-15)25-18(26)13-12-17-19(20(22(27)28)29-21(17)25)23-14-6-4-3-5-7-14/h3-13,23H,1-2H3,(H,27,28). The van der Waals surface area contributed by atoms with Gasteiger partial charge in [0.2, 0.25) is 0 Å². The van der Waals surface area contributed by atoms with Crippen molar-refractivity contribution < 1.29 is 9.90 Å². The van der Waals surface area contributed by atoms with Gasteiger partial charge in [0.25, 0.3) is 5.56 Å². The molecule has 0 amide bonds. The number of hydrogen-bond acceptors (Lipinski definition) is 5. The number of hydrogen-bond donors (Lipinski definition) is 2. The van der Waals surface area contributed by atoms with E-state index < -0.39 is 5.97 Å². The lowest BCUT2D eigenvalue weighted by atomic mass is 10.2. The number of fused-ring (bicyclic) bond motifs is 1. The van der Waals surface area contributed by atoms with Gasteiger partial charge < -0.3 is 15.3 Å². The summed E-state index contributed by atoms with van der Waals surface area (Å²) in [7, 11) is 3.89. The number of anilines is 3. The minimum atomic E-state index is -1.04. The van der Waals surface area contributed by atoms with Crippen LogP contribution in [0.25, 0.3) is 15.9 Å². The minimum Gasteiger partial charge on any atom is -0.477 e. The normalized spacial score (nSPS) is 10.8. The number of carbonyl (C=O) groups is 1. The third kappa shape index (κ3) is 3.48. The predicted molar refractivity (Wildman–Crippen MR) is 118 cm³/mol. The molecule has 0 fully saturated rings. The molecule has 146 valence electrons. The van der Waals surface area contributed by atoms with E-state index in [1.807, 2.05) is 73.6 Å². The minimum absolute atomic E-state index is 0.160. The Labute approximate surface area is 171 Å². The molecule has 0 radical (unpaired) electrons. The summed E-state index contributed by atoms with van der Waals surface area (Å²) < 4.78 is 1.56. The summed E-state index contributed by atoms with van der Waals surface area (Å²) in [6.45, 7) is 0. The molecule has 2 aromatic carbocycles. The van der Waals surface area contributed by atoms with Crippen LogP contribution in [0.1, 0.15) is 9.67 Å². The van der Waals surface area contributed by atoms with E-state index >= 15 is 0 Å². The summed E-state index contributed by atoms with van der Waals surface area (Å²) in [5, 5.41) is 13.6. The fraction of sp³-hybridized carbons (Fsp3) is 0.0909. The summed E-state index contributed by atoms with van der Waals surface area (Å²) in [6, 6.07) is 20.1. The van der Waals surface area contributed by atoms with Crippen molar-refractivity contribution in [2.24, 2.45) is 0 Å². The molecule has 0 spiro atoms. The maximum atomic E-state index is 12.7. The van der Waals surface area contributed by atoms with Gasteiger partial charge in [0.15, 0.2) is 0 Å². The van der Waals surface area contributed by atoms with E-state index in [9.17, 15) is 14.7 Å². The number of aromatic nitrogens is 1. The Morgan fingerprint density at radius 3 is 2.31 bits per heavy atom. The lowest BCUT2D eigenvalue weighted by Crippen LogP contribution is -2.16. The second-order valence-electron chi connectivity index (χ2n) is 6.74. The van der Waals surface area contributed by atoms with Gasteiger partial charge >= 0.3 is 5.97 Å². The second-order valence-corrected chi connectivity index (χ2v) is 7.74. The molecule has 6 nitrogen and oxygen atoms in total. The molecular weight excluding hydrogens is 386 g/mol. The van der Waals surface area contributed by atoms with Crippen molar-refractivity contribution >= 4 is 44.6 Å². The van der Waals surface area contributed by atoms with Gasteiger partial charge in [-0.1, -0.05) is 18.2 Å². The van der Waals surface area contributed by atoms with Crippen LogP contribution < -0.4 is 15.8 Å². The highest BCUT2D eigenvalue weighted by atomic mass is 32.1. The molecule has 0 saturated carbocycles. The maximum absolute atomic E-state index is 12.7. The SMILES string of the molecule is CN(C)c1ccc(-n2c(=O)ccc3c(Nc4ccccc4)c(C(=O)O)sc32)cc1. The van der Waals surface area contributed by atoms with Crippen LogP contribution in [0, 0.1) is 0 Å². The van der Waals surface area contributed by atoms with E-state index in [1.54, 1.807) is 10.6 Å². The van der Waals surface area contributed by atoms with Gasteiger partial charge in [-0.2, -0.15) is 0 Å². The van der Waals surface area contributed by atoms with E-state index in [4.69, 9.17) is 0 Å². The molecule has 0 aliphatic carbocycles. The average Bonchev–Trinajstić information content (AvgIpc) is 3.07. The number of carboxylic acids is 1.